The molecule has 0 fully saturated rings. The molecule has 6 nitrogen and oxygen atoms in total. The number of benzene rings is 4. The van der Waals surface area contributed by atoms with Crippen LogP contribution < -0.4 is 9.62 Å². The molecule has 206 valence electrons. The van der Waals surface area contributed by atoms with Crippen LogP contribution in [0.4, 0.5) is 15.8 Å². The van der Waals surface area contributed by atoms with Crippen molar-refractivity contribution in [3.63, 3.8) is 0 Å². The molecule has 0 heterocycles. The standard InChI is InChI=1S/C31H28ClFN2O4S/c1-31(2,3)23-14-12-21(13-15-23)30(37)22-8-7-9-24(18-22)34-29(36)20-35(25-16-17-28(33)27(32)19-25)40(38,39)26-10-5-4-6-11-26/h4-19H,20H2,1-3H3,(H,34,36). The van der Waals surface area contributed by atoms with E-state index in [2.05, 4.69) is 26.1 Å². The highest BCUT2D eigenvalue weighted by Gasteiger charge is 2.28. The Kier molecular flexibility index (Phi) is 8.42. The number of rotatable bonds is 8. The zero-order chi connectivity index (χ0) is 29.1. The summed E-state index contributed by atoms with van der Waals surface area (Å²) in [6.45, 7) is 5.65. The van der Waals surface area contributed by atoms with Crippen molar-refractivity contribution >= 4 is 44.7 Å². The molecule has 0 radical (unpaired) electrons. The van der Waals surface area contributed by atoms with Crippen molar-refractivity contribution in [1.82, 2.24) is 0 Å². The van der Waals surface area contributed by atoms with E-state index in [1.807, 2.05) is 12.1 Å². The van der Waals surface area contributed by atoms with Crippen molar-refractivity contribution in [2.75, 3.05) is 16.2 Å². The van der Waals surface area contributed by atoms with Gasteiger partial charge in [-0.3, -0.25) is 13.9 Å². The Morgan fingerprint density at radius 3 is 2.15 bits per heavy atom. The minimum absolute atomic E-state index is 0.0213. The Hall–Kier alpha value is -4.01. The molecule has 0 saturated heterocycles. The molecule has 0 atom stereocenters. The second kappa shape index (κ2) is 11.6. The molecule has 0 aliphatic rings. The number of carbonyl (C=O) groups excluding carboxylic acids is 2. The lowest BCUT2D eigenvalue weighted by Crippen LogP contribution is -2.38. The predicted octanol–water partition coefficient (Wildman–Crippen LogP) is 6.84. The number of amides is 1. The van der Waals surface area contributed by atoms with Crippen LogP contribution >= 0.6 is 11.6 Å². The van der Waals surface area contributed by atoms with E-state index >= 15 is 0 Å². The Morgan fingerprint density at radius 1 is 0.850 bits per heavy atom. The molecule has 0 bridgehead atoms. The highest BCUT2D eigenvalue weighted by atomic mass is 35.5. The van der Waals surface area contributed by atoms with E-state index in [4.69, 9.17) is 11.6 Å². The van der Waals surface area contributed by atoms with Crippen molar-refractivity contribution in [1.29, 1.82) is 0 Å². The largest absolute Gasteiger partial charge is 0.324 e. The summed E-state index contributed by atoms with van der Waals surface area (Å²) in [5, 5.41) is 2.38. The SMILES string of the molecule is CC(C)(C)c1ccc(C(=O)c2cccc(NC(=O)CN(c3ccc(F)c(Cl)c3)S(=O)(=O)c3ccccc3)c2)cc1. The summed E-state index contributed by atoms with van der Waals surface area (Å²) in [5.74, 6) is -1.61. The minimum atomic E-state index is -4.21. The van der Waals surface area contributed by atoms with E-state index < -0.39 is 28.3 Å². The van der Waals surface area contributed by atoms with Crippen LogP contribution in [0.5, 0.6) is 0 Å². The quantitative estimate of drug-likeness (QED) is 0.232. The average molecular weight is 579 g/mol. The van der Waals surface area contributed by atoms with Crippen molar-refractivity contribution < 1.29 is 22.4 Å². The summed E-state index contributed by atoms with van der Waals surface area (Å²) in [6, 6.07) is 24.8. The van der Waals surface area contributed by atoms with E-state index in [1.165, 1.54) is 24.3 Å². The lowest BCUT2D eigenvalue weighted by Gasteiger charge is -2.24. The first-order chi connectivity index (χ1) is 18.9. The van der Waals surface area contributed by atoms with Gasteiger partial charge in [-0.15, -0.1) is 0 Å². The number of ketones is 1. The van der Waals surface area contributed by atoms with Gasteiger partial charge in [0.1, 0.15) is 12.4 Å². The number of halogens is 2. The van der Waals surface area contributed by atoms with Gasteiger partial charge in [-0.25, -0.2) is 12.8 Å². The molecule has 1 N–H and O–H groups in total. The van der Waals surface area contributed by atoms with E-state index in [9.17, 15) is 22.4 Å². The first-order valence-electron chi connectivity index (χ1n) is 12.4. The highest BCUT2D eigenvalue weighted by molar-refractivity contribution is 7.92. The van der Waals surface area contributed by atoms with Gasteiger partial charge in [-0.05, 0) is 53.4 Å². The zero-order valence-electron chi connectivity index (χ0n) is 22.2. The van der Waals surface area contributed by atoms with Gasteiger partial charge in [0, 0.05) is 16.8 Å². The van der Waals surface area contributed by atoms with Crippen LogP contribution in [-0.2, 0) is 20.2 Å². The van der Waals surface area contributed by atoms with E-state index in [-0.39, 0.29) is 26.8 Å². The van der Waals surface area contributed by atoms with Gasteiger partial charge in [-0.2, -0.15) is 0 Å². The van der Waals surface area contributed by atoms with Gasteiger partial charge in [0.2, 0.25) is 5.91 Å². The van der Waals surface area contributed by atoms with Gasteiger partial charge in [-0.1, -0.05) is 87.0 Å². The fourth-order valence-corrected chi connectivity index (χ4v) is 5.64. The van der Waals surface area contributed by atoms with Crippen molar-refractivity contribution in [3.8, 4) is 0 Å². The fourth-order valence-electron chi connectivity index (χ4n) is 4.03. The molecule has 4 aromatic rings. The van der Waals surface area contributed by atoms with Gasteiger partial charge in [0.15, 0.2) is 5.78 Å². The summed E-state index contributed by atoms with van der Waals surface area (Å²) in [6.07, 6.45) is 0. The molecule has 0 unspecified atom stereocenters. The van der Waals surface area contributed by atoms with Crippen LogP contribution in [0, 0.1) is 5.82 Å². The van der Waals surface area contributed by atoms with Crippen LogP contribution in [0.25, 0.3) is 0 Å². The molecule has 4 rings (SSSR count). The Labute approximate surface area is 238 Å². The second-order valence-electron chi connectivity index (χ2n) is 10.2. The maximum Gasteiger partial charge on any atom is 0.264 e. The van der Waals surface area contributed by atoms with Gasteiger partial charge < -0.3 is 5.32 Å². The third kappa shape index (κ3) is 6.58. The van der Waals surface area contributed by atoms with Gasteiger partial charge in [0.05, 0.1) is 15.6 Å². The lowest BCUT2D eigenvalue weighted by molar-refractivity contribution is -0.114. The molecule has 1 amide bonds. The smallest absolute Gasteiger partial charge is 0.264 e. The summed E-state index contributed by atoms with van der Waals surface area (Å²) in [7, 11) is -4.21. The number of sulfonamides is 1. The molecule has 0 aliphatic heterocycles. The minimum Gasteiger partial charge on any atom is -0.324 e. The third-order valence-electron chi connectivity index (χ3n) is 6.23. The lowest BCUT2D eigenvalue weighted by atomic mass is 9.86. The summed E-state index contributed by atoms with van der Waals surface area (Å²) in [5.41, 5.74) is 2.25. The predicted molar refractivity (Wildman–Crippen MR) is 156 cm³/mol. The topological polar surface area (TPSA) is 83.6 Å². The van der Waals surface area contributed by atoms with Crippen LogP contribution in [0.15, 0.2) is 102 Å². The molecule has 0 spiro atoms. The number of anilines is 2. The normalized spacial score (nSPS) is 11.6. The number of carbonyl (C=O) groups is 2. The van der Waals surface area contributed by atoms with E-state index in [0.29, 0.717) is 16.8 Å². The molecule has 40 heavy (non-hydrogen) atoms. The summed E-state index contributed by atoms with van der Waals surface area (Å²) in [4.78, 5) is 26.2. The van der Waals surface area contributed by atoms with E-state index in [0.717, 1.165) is 22.0 Å². The molecule has 0 aliphatic carbocycles. The molecule has 9 heteroatoms. The first-order valence-corrected chi connectivity index (χ1v) is 14.3. The van der Waals surface area contributed by atoms with Crippen molar-refractivity contribution in [3.05, 3.63) is 125 Å². The summed E-state index contributed by atoms with van der Waals surface area (Å²) >= 11 is 5.92. The van der Waals surface area contributed by atoms with E-state index in [1.54, 1.807) is 48.5 Å². The van der Waals surface area contributed by atoms with Crippen LogP contribution in [-0.4, -0.2) is 26.7 Å². The van der Waals surface area contributed by atoms with Crippen LogP contribution in [0.1, 0.15) is 42.3 Å². The third-order valence-corrected chi connectivity index (χ3v) is 8.31. The van der Waals surface area contributed by atoms with Crippen LogP contribution in [0.2, 0.25) is 5.02 Å². The fraction of sp³-hybridized carbons (Fsp3) is 0.161. The molecular formula is C31H28ClFN2O4S. The van der Waals surface area contributed by atoms with Gasteiger partial charge >= 0.3 is 0 Å². The summed E-state index contributed by atoms with van der Waals surface area (Å²) < 4.78 is 41.6. The Bertz CT molecular complexity index is 1650. The van der Waals surface area contributed by atoms with Crippen LogP contribution in [0.3, 0.4) is 0 Å². The number of nitrogens with one attached hydrogen (secondary N) is 1. The van der Waals surface area contributed by atoms with Crippen molar-refractivity contribution in [2.24, 2.45) is 0 Å². The molecular weight excluding hydrogens is 551 g/mol. The molecule has 0 saturated carbocycles. The monoisotopic (exact) mass is 578 g/mol. The maximum absolute atomic E-state index is 13.8. The molecule has 0 aromatic heterocycles. The second-order valence-corrected chi connectivity index (χ2v) is 12.5. The average Bonchev–Trinajstić information content (AvgIpc) is 2.93. The Balaban J connectivity index is 1.57. The number of nitrogens with zero attached hydrogens (tertiary/aromatic N) is 1. The first kappa shape index (κ1) is 29.0. The maximum atomic E-state index is 13.8. The Morgan fingerprint density at radius 2 is 1.52 bits per heavy atom. The zero-order valence-corrected chi connectivity index (χ0v) is 23.8. The highest BCUT2D eigenvalue weighted by Crippen LogP contribution is 2.28. The number of hydrogen-bond donors (Lipinski definition) is 1. The molecule has 4 aromatic carbocycles. The van der Waals surface area contributed by atoms with Crippen molar-refractivity contribution in [2.45, 2.75) is 31.1 Å². The van der Waals surface area contributed by atoms with Gasteiger partial charge in [0.25, 0.3) is 10.0 Å². The number of hydrogen-bond acceptors (Lipinski definition) is 4.